The molecule has 2 aliphatic rings. The van der Waals surface area contributed by atoms with Crippen LogP contribution in [0.4, 0.5) is 0 Å². The van der Waals surface area contributed by atoms with E-state index in [1.54, 1.807) is 0 Å². The monoisotopic (exact) mass is 324 g/mol. The maximum atomic E-state index is 12.4. The summed E-state index contributed by atoms with van der Waals surface area (Å²) in [5, 5.41) is 3.35. The SMILES string of the molecule is CCNCC1CCN(C(=O)CN2CCN(CC)C(=O)C2=O)CC1. The van der Waals surface area contributed by atoms with Crippen LogP contribution >= 0.6 is 0 Å². The highest BCUT2D eigenvalue weighted by Crippen LogP contribution is 2.17. The van der Waals surface area contributed by atoms with Crippen LogP contribution in [0.5, 0.6) is 0 Å². The van der Waals surface area contributed by atoms with E-state index in [1.165, 1.54) is 9.80 Å². The van der Waals surface area contributed by atoms with E-state index in [0.29, 0.717) is 25.6 Å². The summed E-state index contributed by atoms with van der Waals surface area (Å²) in [7, 11) is 0. The molecule has 23 heavy (non-hydrogen) atoms. The van der Waals surface area contributed by atoms with Crippen molar-refractivity contribution in [3.63, 3.8) is 0 Å². The number of likely N-dealkylation sites (tertiary alicyclic amines) is 1. The first-order valence-electron chi connectivity index (χ1n) is 8.63. The lowest BCUT2D eigenvalue weighted by molar-refractivity contribution is -0.157. The smallest absolute Gasteiger partial charge is 0.312 e. The molecule has 0 bridgehead atoms. The van der Waals surface area contributed by atoms with Crippen molar-refractivity contribution in [1.29, 1.82) is 0 Å². The standard InChI is InChI=1S/C16H28N4O3/c1-3-17-11-13-5-7-19(8-6-13)14(21)12-20-10-9-18(4-2)15(22)16(20)23/h13,17H,3-12H2,1-2H3. The van der Waals surface area contributed by atoms with Crippen molar-refractivity contribution in [1.82, 2.24) is 20.0 Å². The van der Waals surface area contributed by atoms with Gasteiger partial charge in [-0.05, 0) is 38.8 Å². The Bertz CT molecular complexity index is 447. The highest BCUT2D eigenvalue weighted by molar-refractivity contribution is 6.35. The lowest BCUT2D eigenvalue weighted by atomic mass is 9.96. The van der Waals surface area contributed by atoms with Gasteiger partial charge in [-0.3, -0.25) is 14.4 Å². The summed E-state index contributed by atoms with van der Waals surface area (Å²) in [4.78, 5) is 41.0. The Morgan fingerprint density at radius 2 is 1.65 bits per heavy atom. The van der Waals surface area contributed by atoms with Gasteiger partial charge < -0.3 is 20.0 Å². The number of carbonyl (C=O) groups excluding carboxylic acids is 3. The molecule has 2 fully saturated rings. The number of piperazine rings is 1. The molecule has 2 rings (SSSR count). The molecule has 0 aromatic heterocycles. The molecule has 7 nitrogen and oxygen atoms in total. The van der Waals surface area contributed by atoms with Crippen molar-refractivity contribution in [2.45, 2.75) is 26.7 Å². The van der Waals surface area contributed by atoms with E-state index in [9.17, 15) is 14.4 Å². The summed E-state index contributed by atoms with van der Waals surface area (Å²) in [5.41, 5.74) is 0. The number of hydrogen-bond acceptors (Lipinski definition) is 4. The minimum atomic E-state index is -0.548. The van der Waals surface area contributed by atoms with Crippen LogP contribution in [0.3, 0.4) is 0 Å². The zero-order valence-electron chi connectivity index (χ0n) is 14.2. The largest absolute Gasteiger partial charge is 0.341 e. The van der Waals surface area contributed by atoms with E-state index in [2.05, 4.69) is 12.2 Å². The van der Waals surface area contributed by atoms with Crippen molar-refractivity contribution < 1.29 is 14.4 Å². The Labute approximate surface area is 138 Å². The molecule has 2 saturated heterocycles. The van der Waals surface area contributed by atoms with Crippen molar-refractivity contribution in [3.8, 4) is 0 Å². The van der Waals surface area contributed by atoms with Gasteiger partial charge in [0.2, 0.25) is 5.91 Å². The van der Waals surface area contributed by atoms with Crippen LogP contribution in [0.15, 0.2) is 0 Å². The number of nitrogens with zero attached hydrogens (tertiary/aromatic N) is 3. The minimum absolute atomic E-state index is 0.0278. The molecule has 1 N–H and O–H groups in total. The fourth-order valence-corrected chi connectivity index (χ4v) is 3.17. The van der Waals surface area contributed by atoms with E-state index in [0.717, 1.165) is 39.0 Å². The number of carbonyl (C=O) groups is 3. The number of nitrogens with one attached hydrogen (secondary N) is 1. The van der Waals surface area contributed by atoms with Gasteiger partial charge in [-0.15, -0.1) is 0 Å². The molecular weight excluding hydrogens is 296 g/mol. The number of piperidine rings is 1. The highest BCUT2D eigenvalue weighted by atomic mass is 16.2. The summed E-state index contributed by atoms with van der Waals surface area (Å²) in [5.74, 6) is -0.460. The number of hydrogen-bond donors (Lipinski definition) is 1. The van der Waals surface area contributed by atoms with Gasteiger partial charge in [-0.25, -0.2) is 0 Å². The number of amides is 3. The fourth-order valence-electron chi connectivity index (χ4n) is 3.17. The van der Waals surface area contributed by atoms with Crippen molar-refractivity contribution >= 4 is 17.7 Å². The Morgan fingerprint density at radius 1 is 1.04 bits per heavy atom. The molecule has 0 unspecified atom stereocenters. The number of rotatable bonds is 6. The maximum Gasteiger partial charge on any atom is 0.312 e. The van der Waals surface area contributed by atoms with E-state index in [4.69, 9.17) is 0 Å². The molecule has 3 amide bonds. The molecule has 2 heterocycles. The van der Waals surface area contributed by atoms with Crippen LogP contribution in [0.25, 0.3) is 0 Å². The zero-order valence-corrected chi connectivity index (χ0v) is 14.2. The van der Waals surface area contributed by atoms with Crippen molar-refractivity contribution in [2.24, 2.45) is 5.92 Å². The Balaban J connectivity index is 1.79. The first kappa shape index (κ1) is 17.7. The van der Waals surface area contributed by atoms with Gasteiger partial charge in [-0.2, -0.15) is 0 Å². The second-order valence-corrected chi connectivity index (χ2v) is 6.24. The Kier molecular flexibility index (Phi) is 6.38. The average Bonchev–Trinajstić information content (AvgIpc) is 2.57. The summed E-state index contributed by atoms with van der Waals surface area (Å²) in [6, 6.07) is 0. The van der Waals surface area contributed by atoms with Gasteiger partial charge >= 0.3 is 11.8 Å². The zero-order chi connectivity index (χ0) is 16.8. The summed E-state index contributed by atoms with van der Waals surface area (Å²) in [6.45, 7) is 8.92. The Morgan fingerprint density at radius 3 is 2.26 bits per heavy atom. The number of likely N-dealkylation sites (N-methyl/N-ethyl adjacent to an activating group) is 1. The second kappa shape index (κ2) is 8.29. The molecule has 0 spiro atoms. The predicted octanol–water partition coefficient (Wildman–Crippen LogP) is -0.475. The topological polar surface area (TPSA) is 73.0 Å². The molecule has 0 saturated carbocycles. The predicted molar refractivity (Wildman–Crippen MR) is 86.7 cm³/mol. The summed E-state index contributed by atoms with van der Waals surface area (Å²) >= 11 is 0. The van der Waals surface area contributed by atoms with Crippen LogP contribution < -0.4 is 5.32 Å². The third-order valence-corrected chi connectivity index (χ3v) is 4.76. The second-order valence-electron chi connectivity index (χ2n) is 6.24. The molecule has 0 aromatic rings. The molecule has 0 radical (unpaired) electrons. The van der Waals surface area contributed by atoms with Crippen LogP contribution in [-0.4, -0.2) is 84.8 Å². The van der Waals surface area contributed by atoms with Crippen molar-refractivity contribution in [3.05, 3.63) is 0 Å². The van der Waals surface area contributed by atoms with E-state index in [-0.39, 0.29) is 12.5 Å². The van der Waals surface area contributed by atoms with Gasteiger partial charge in [0.05, 0.1) is 0 Å². The normalized spacial score (nSPS) is 20.3. The first-order valence-corrected chi connectivity index (χ1v) is 8.63. The molecule has 0 aliphatic carbocycles. The van der Waals surface area contributed by atoms with E-state index < -0.39 is 11.8 Å². The van der Waals surface area contributed by atoms with Crippen LogP contribution in [-0.2, 0) is 14.4 Å². The molecule has 2 aliphatic heterocycles. The molecule has 7 heteroatoms. The molecule has 0 atom stereocenters. The van der Waals surface area contributed by atoms with Gasteiger partial charge in [-0.1, -0.05) is 6.92 Å². The Hall–Kier alpha value is -1.63. The molecular formula is C16H28N4O3. The lowest BCUT2D eigenvalue weighted by Gasteiger charge is -2.36. The van der Waals surface area contributed by atoms with Crippen LogP contribution in [0, 0.1) is 5.92 Å². The van der Waals surface area contributed by atoms with Crippen molar-refractivity contribution in [2.75, 3.05) is 52.4 Å². The summed E-state index contributed by atoms with van der Waals surface area (Å²) in [6.07, 6.45) is 1.99. The fraction of sp³-hybridized carbons (Fsp3) is 0.812. The minimum Gasteiger partial charge on any atom is -0.341 e. The average molecular weight is 324 g/mol. The molecule has 0 aromatic carbocycles. The van der Waals surface area contributed by atoms with Gasteiger partial charge in [0, 0.05) is 32.7 Å². The van der Waals surface area contributed by atoms with Crippen LogP contribution in [0.2, 0.25) is 0 Å². The van der Waals surface area contributed by atoms with E-state index >= 15 is 0 Å². The van der Waals surface area contributed by atoms with Gasteiger partial charge in [0.15, 0.2) is 0 Å². The molecule has 130 valence electrons. The van der Waals surface area contributed by atoms with Crippen LogP contribution in [0.1, 0.15) is 26.7 Å². The maximum absolute atomic E-state index is 12.4. The third kappa shape index (κ3) is 4.43. The summed E-state index contributed by atoms with van der Waals surface area (Å²) < 4.78 is 0. The highest BCUT2D eigenvalue weighted by Gasteiger charge is 2.33. The van der Waals surface area contributed by atoms with Gasteiger partial charge in [0.1, 0.15) is 6.54 Å². The quantitative estimate of drug-likeness (QED) is 0.670. The third-order valence-electron chi connectivity index (χ3n) is 4.76. The lowest BCUT2D eigenvalue weighted by Crippen LogP contribution is -2.56. The van der Waals surface area contributed by atoms with E-state index in [1.807, 2.05) is 11.8 Å². The first-order chi connectivity index (χ1) is 11.1. The van der Waals surface area contributed by atoms with Gasteiger partial charge in [0.25, 0.3) is 0 Å².